The molecule has 0 saturated heterocycles. The molecule has 0 bridgehead atoms. The summed E-state index contributed by atoms with van der Waals surface area (Å²) in [6.07, 6.45) is 11.3. The van der Waals surface area contributed by atoms with Gasteiger partial charge in [-0.25, -0.2) is 0 Å². The van der Waals surface area contributed by atoms with Crippen LogP contribution in [0.2, 0.25) is 0 Å². The number of allylic oxidation sites excluding steroid dienone is 2. The lowest BCUT2D eigenvalue weighted by molar-refractivity contribution is 0.263. The predicted molar refractivity (Wildman–Crippen MR) is 156 cm³/mol. The molecular weight excluding hydrogens is 468 g/mol. The lowest BCUT2D eigenvalue weighted by atomic mass is 10.0. The molecule has 4 rings (SSSR count). The number of aromatic nitrogens is 2. The van der Waals surface area contributed by atoms with Crippen molar-refractivity contribution < 1.29 is 0 Å². The fourth-order valence-corrected chi connectivity index (χ4v) is 4.94. The van der Waals surface area contributed by atoms with Crippen LogP contribution in [0.5, 0.6) is 0 Å². The number of hydrogen-bond donors (Lipinski definition) is 2. The molecule has 2 N–H and O–H groups in total. The summed E-state index contributed by atoms with van der Waals surface area (Å²) in [5.74, 6) is 0. The quantitative estimate of drug-likeness (QED) is 0.259. The molecule has 2 aromatic heterocycles. The van der Waals surface area contributed by atoms with Gasteiger partial charge in [0.1, 0.15) is 0 Å². The molecule has 6 nitrogen and oxygen atoms in total. The van der Waals surface area contributed by atoms with Crippen molar-refractivity contribution >= 4 is 0 Å². The highest BCUT2D eigenvalue weighted by atomic mass is 15.2. The van der Waals surface area contributed by atoms with E-state index in [4.69, 9.17) is 0 Å². The molecular formula is C32H44N6. The molecule has 0 unspecified atom stereocenters. The van der Waals surface area contributed by atoms with Crippen LogP contribution in [-0.2, 0) is 26.2 Å². The van der Waals surface area contributed by atoms with Crippen molar-refractivity contribution in [1.29, 1.82) is 0 Å². The molecule has 202 valence electrons. The van der Waals surface area contributed by atoms with E-state index in [9.17, 15) is 0 Å². The molecule has 1 aromatic carbocycles. The number of nitrogens with zero attached hydrogens (tertiary/aromatic N) is 4. The van der Waals surface area contributed by atoms with E-state index < -0.39 is 0 Å². The fraction of sp³-hybridized carbons (Fsp3) is 0.438. The largest absolute Gasteiger partial charge is 0.371 e. The van der Waals surface area contributed by atoms with Crippen LogP contribution >= 0.6 is 0 Å². The number of rotatable bonds is 16. The van der Waals surface area contributed by atoms with Gasteiger partial charge < -0.3 is 15.5 Å². The van der Waals surface area contributed by atoms with E-state index in [1.807, 2.05) is 36.7 Å². The van der Waals surface area contributed by atoms with Gasteiger partial charge in [-0.15, -0.1) is 0 Å². The van der Waals surface area contributed by atoms with Crippen LogP contribution in [0.15, 0.2) is 84.8 Å². The zero-order chi connectivity index (χ0) is 26.3. The van der Waals surface area contributed by atoms with Crippen molar-refractivity contribution in [2.24, 2.45) is 0 Å². The Bertz CT molecular complexity index is 1020. The minimum atomic E-state index is 0.797. The number of nitrogens with one attached hydrogen (secondary N) is 2. The van der Waals surface area contributed by atoms with Gasteiger partial charge in [0.05, 0.1) is 11.4 Å². The van der Waals surface area contributed by atoms with E-state index in [1.54, 1.807) is 0 Å². The summed E-state index contributed by atoms with van der Waals surface area (Å²) in [5.41, 5.74) is 6.45. The van der Waals surface area contributed by atoms with Crippen LogP contribution in [0.25, 0.3) is 0 Å². The van der Waals surface area contributed by atoms with Gasteiger partial charge in [0.15, 0.2) is 0 Å². The van der Waals surface area contributed by atoms with Gasteiger partial charge in [0.25, 0.3) is 0 Å². The third-order valence-corrected chi connectivity index (χ3v) is 7.13. The van der Waals surface area contributed by atoms with Gasteiger partial charge in [-0.05, 0) is 68.0 Å². The van der Waals surface area contributed by atoms with E-state index >= 15 is 0 Å². The first kappa shape index (κ1) is 28.0. The maximum absolute atomic E-state index is 4.42. The standard InChI is InChI=1S/C32H44N6/c1-2-38(32-12-4-3-5-13-32)27-29-16-14-28(15-17-29)26-37(22-20-33-24-30-10-6-8-18-35-30)23-21-34-25-31-11-7-9-19-36-31/h6-12,14-19,33-34H,2-5,13,20-27H2,1H3. The van der Waals surface area contributed by atoms with E-state index in [1.165, 1.54) is 42.5 Å². The van der Waals surface area contributed by atoms with Crippen molar-refractivity contribution in [3.63, 3.8) is 0 Å². The second-order valence-corrected chi connectivity index (χ2v) is 10.0. The molecule has 0 radical (unpaired) electrons. The summed E-state index contributed by atoms with van der Waals surface area (Å²) >= 11 is 0. The Labute approximate surface area is 229 Å². The predicted octanol–water partition coefficient (Wildman–Crippen LogP) is 5.14. The average molecular weight is 513 g/mol. The Kier molecular flexibility index (Phi) is 11.8. The van der Waals surface area contributed by atoms with Gasteiger partial charge in [-0.3, -0.25) is 14.9 Å². The van der Waals surface area contributed by atoms with Crippen LogP contribution in [0.1, 0.15) is 55.1 Å². The maximum Gasteiger partial charge on any atom is 0.0541 e. The lowest BCUT2D eigenvalue weighted by Gasteiger charge is -2.28. The molecule has 0 aliphatic heterocycles. The van der Waals surface area contributed by atoms with Crippen LogP contribution < -0.4 is 10.6 Å². The zero-order valence-corrected chi connectivity index (χ0v) is 23.0. The summed E-state index contributed by atoms with van der Waals surface area (Å²) in [4.78, 5) is 13.9. The summed E-state index contributed by atoms with van der Waals surface area (Å²) in [6.45, 7) is 10.7. The second kappa shape index (κ2) is 16.0. The second-order valence-electron chi connectivity index (χ2n) is 10.0. The Hall–Kier alpha value is -3.06. The molecule has 3 aromatic rings. The van der Waals surface area contributed by atoms with Crippen molar-refractivity contribution in [3.05, 3.63) is 107 Å². The normalized spacial score (nSPS) is 13.5. The van der Waals surface area contributed by atoms with Crippen molar-refractivity contribution in [2.75, 3.05) is 32.7 Å². The molecule has 0 atom stereocenters. The first-order valence-electron chi connectivity index (χ1n) is 14.3. The first-order valence-corrected chi connectivity index (χ1v) is 14.3. The van der Waals surface area contributed by atoms with Gasteiger partial charge in [0, 0.05) is 77.0 Å². The molecule has 0 fully saturated rings. The van der Waals surface area contributed by atoms with Crippen LogP contribution in [0.3, 0.4) is 0 Å². The van der Waals surface area contributed by atoms with Crippen molar-refractivity contribution in [1.82, 2.24) is 30.4 Å². The fourth-order valence-electron chi connectivity index (χ4n) is 4.94. The van der Waals surface area contributed by atoms with E-state index in [2.05, 4.69) is 79.8 Å². The Morgan fingerprint density at radius 3 is 1.84 bits per heavy atom. The molecule has 38 heavy (non-hydrogen) atoms. The van der Waals surface area contributed by atoms with Crippen molar-refractivity contribution in [3.8, 4) is 0 Å². The van der Waals surface area contributed by atoms with Gasteiger partial charge in [-0.1, -0.05) is 42.5 Å². The first-order chi connectivity index (χ1) is 18.8. The highest BCUT2D eigenvalue weighted by Crippen LogP contribution is 2.22. The summed E-state index contributed by atoms with van der Waals surface area (Å²) < 4.78 is 0. The highest BCUT2D eigenvalue weighted by molar-refractivity contribution is 5.23. The Morgan fingerprint density at radius 1 is 0.737 bits per heavy atom. The molecule has 0 amide bonds. The van der Waals surface area contributed by atoms with E-state index in [-0.39, 0.29) is 0 Å². The lowest BCUT2D eigenvalue weighted by Crippen LogP contribution is -2.36. The third-order valence-electron chi connectivity index (χ3n) is 7.13. The van der Waals surface area contributed by atoms with E-state index in [0.717, 1.165) is 70.3 Å². The summed E-state index contributed by atoms with van der Waals surface area (Å²) in [5, 5.41) is 7.11. The SMILES string of the molecule is CCN(Cc1ccc(CN(CCNCc2ccccn2)CCNCc2ccccn2)cc1)C1=CCCCC1. The van der Waals surface area contributed by atoms with Gasteiger partial charge >= 0.3 is 0 Å². The Morgan fingerprint density at radius 2 is 1.34 bits per heavy atom. The molecule has 1 aliphatic rings. The summed E-state index contributed by atoms with van der Waals surface area (Å²) in [6, 6.07) is 21.4. The van der Waals surface area contributed by atoms with Crippen molar-refractivity contribution in [2.45, 2.75) is 58.8 Å². The molecule has 0 saturated carbocycles. The maximum atomic E-state index is 4.42. The van der Waals surface area contributed by atoms with Gasteiger partial charge in [0.2, 0.25) is 0 Å². The number of benzene rings is 1. The topological polar surface area (TPSA) is 56.3 Å². The molecule has 0 spiro atoms. The monoisotopic (exact) mass is 512 g/mol. The third kappa shape index (κ3) is 9.67. The van der Waals surface area contributed by atoms with Crippen LogP contribution in [-0.4, -0.2) is 52.5 Å². The average Bonchev–Trinajstić information content (AvgIpc) is 2.98. The minimum Gasteiger partial charge on any atom is -0.371 e. The molecule has 2 heterocycles. The number of pyridine rings is 2. The Balaban J connectivity index is 1.28. The number of hydrogen-bond acceptors (Lipinski definition) is 6. The van der Waals surface area contributed by atoms with Gasteiger partial charge in [-0.2, -0.15) is 0 Å². The smallest absolute Gasteiger partial charge is 0.0541 e. The van der Waals surface area contributed by atoms with E-state index in [0.29, 0.717) is 0 Å². The van der Waals surface area contributed by atoms with Crippen LogP contribution in [0.4, 0.5) is 0 Å². The minimum absolute atomic E-state index is 0.797. The zero-order valence-electron chi connectivity index (χ0n) is 23.0. The van der Waals surface area contributed by atoms with Crippen LogP contribution in [0, 0.1) is 0 Å². The molecule has 6 heteroatoms. The molecule has 1 aliphatic carbocycles. The highest BCUT2D eigenvalue weighted by Gasteiger charge is 2.12. The summed E-state index contributed by atoms with van der Waals surface area (Å²) in [7, 11) is 0.